The molecule has 0 aliphatic heterocycles. The Morgan fingerprint density at radius 3 is 1.68 bits per heavy atom. The van der Waals surface area contributed by atoms with Crippen molar-refractivity contribution in [2.24, 2.45) is 0 Å². The summed E-state index contributed by atoms with van der Waals surface area (Å²) in [6.45, 7) is 0. The van der Waals surface area contributed by atoms with Crippen LogP contribution >= 0.6 is 0 Å². The highest BCUT2D eigenvalue weighted by molar-refractivity contribution is 6.07. The number of hydrogen-bond acceptors (Lipinski definition) is 2. The van der Waals surface area contributed by atoms with Crippen molar-refractivity contribution in [3.8, 4) is 33.4 Å². The highest BCUT2D eigenvalue weighted by atomic mass is 16.3. The largest absolute Gasteiger partial charge is 0.440 e. The van der Waals surface area contributed by atoms with Crippen molar-refractivity contribution in [2.75, 3.05) is 5.73 Å². The Kier molecular flexibility index (Phi) is 3.95. The van der Waals surface area contributed by atoms with Crippen LogP contribution in [-0.4, -0.2) is 0 Å². The Bertz CT molecular complexity index is 1240. The van der Waals surface area contributed by atoms with Gasteiger partial charge in [0.05, 0.1) is 5.56 Å². The lowest BCUT2D eigenvalue weighted by atomic mass is 9.94. The SMILES string of the molecule is Nc1oc2c(-c3ccccc3)cc(-c3ccccc3)cc2c1-c1ccccc1. The molecule has 5 aromatic rings. The Morgan fingerprint density at radius 2 is 1.07 bits per heavy atom. The number of anilines is 1. The van der Waals surface area contributed by atoms with Gasteiger partial charge in [0, 0.05) is 10.9 Å². The number of benzene rings is 4. The average molecular weight is 361 g/mol. The fourth-order valence-electron chi connectivity index (χ4n) is 3.75. The molecule has 0 spiro atoms. The summed E-state index contributed by atoms with van der Waals surface area (Å²) in [5.41, 5.74) is 13.7. The molecule has 2 N–H and O–H groups in total. The summed E-state index contributed by atoms with van der Waals surface area (Å²) in [4.78, 5) is 0. The van der Waals surface area contributed by atoms with Crippen LogP contribution in [0.15, 0.2) is 108 Å². The quantitative estimate of drug-likeness (QED) is 0.375. The molecule has 1 heterocycles. The summed E-state index contributed by atoms with van der Waals surface area (Å²) < 4.78 is 6.11. The molecular weight excluding hydrogens is 342 g/mol. The van der Waals surface area contributed by atoms with E-state index in [1.165, 1.54) is 5.56 Å². The highest BCUT2D eigenvalue weighted by Crippen LogP contribution is 2.43. The van der Waals surface area contributed by atoms with Gasteiger partial charge < -0.3 is 10.2 Å². The Labute approximate surface area is 163 Å². The molecule has 2 heteroatoms. The van der Waals surface area contributed by atoms with E-state index in [1.54, 1.807) is 0 Å². The van der Waals surface area contributed by atoms with Gasteiger partial charge in [-0.05, 0) is 34.4 Å². The predicted octanol–water partition coefficient (Wildman–Crippen LogP) is 7.02. The molecule has 0 fully saturated rings. The molecule has 0 aliphatic rings. The van der Waals surface area contributed by atoms with Crippen molar-refractivity contribution in [2.45, 2.75) is 0 Å². The molecule has 0 unspecified atom stereocenters. The second kappa shape index (κ2) is 6.75. The van der Waals surface area contributed by atoms with E-state index in [0.717, 1.165) is 38.8 Å². The zero-order valence-electron chi connectivity index (χ0n) is 15.3. The molecule has 0 atom stereocenters. The standard InChI is InChI=1S/C26H19NO/c27-26-24(20-14-8-3-9-15-20)23-17-21(18-10-4-1-5-11-18)16-22(25(23)28-26)19-12-6-2-7-13-19/h1-17H,27H2. The smallest absolute Gasteiger partial charge is 0.199 e. The van der Waals surface area contributed by atoms with E-state index in [9.17, 15) is 0 Å². The molecule has 1 aromatic heterocycles. The minimum atomic E-state index is 0.448. The molecule has 0 radical (unpaired) electrons. The monoisotopic (exact) mass is 361 g/mol. The topological polar surface area (TPSA) is 39.2 Å². The second-order valence-electron chi connectivity index (χ2n) is 6.84. The molecule has 0 aliphatic carbocycles. The Morgan fingerprint density at radius 1 is 0.536 bits per heavy atom. The average Bonchev–Trinajstić information content (AvgIpc) is 3.10. The van der Waals surface area contributed by atoms with Crippen LogP contribution in [0.4, 0.5) is 5.88 Å². The second-order valence-corrected chi connectivity index (χ2v) is 6.84. The van der Waals surface area contributed by atoms with Crippen molar-refractivity contribution in [3.63, 3.8) is 0 Å². The maximum absolute atomic E-state index is 6.35. The van der Waals surface area contributed by atoms with E-state index in [0.29, 0.717) is 5.88 Å². The summed E-state index contributed by atoms with van der Waals surface area (Å²) in [7, 11) is 0. The van der Waals surface area contributed by atoms with Crippen molar-refractivity contribution >= 4 is 16.9 Å². The van der Waals surface area contributed by atoms with Gasteiger partial charge in [0.15, 0.2) is 5.88 Å². The third-order valence-corrected chi connectivity index (χ3v) is 5.07. The number of hydrogen-bond donors (Lipinski definition) is 1. The number of furan rings is 1. The lowest BCUT2D eigenvalue weighted by molar-refractivity contribution is 0.639. The van der Waals surface area contributed by atoms with Crippen molar-refractivity contribution < 1.29 is 4.42 Å². The van der Waals surface area contributed by atoms with Crippen LogP contribution in [-0.2, 0) is 0 Å². The number of rotatable bonds is 3. The van der Waals surface area contributed by atoms with Gasteiger partial charge in [-0.1, -0.05) is 91.0 Å². The number of nitrogens with two attached hydrogens (primary N) is 1. The third-order valence-electron chi connectivity index (χ3n) is 5.07. The fourth-order valence-corrected chi connectivity index (χ4v) is 3.75. The van der Waals surface area contributed by atoms with Gasteiger partial charge in [-0.2, -0.15) is 0 Å². The summed E-state index contributed by atoms with van der Waals surface area (Å²) >= 11 is 0. The number of fused-ring (bicyclic) bond motifs is 1. The van der Waals surface area contributed by atoms with Gasteiger partial charge in [-0.25, -0.2) is 0 Å². The van der Waals surface area contributed by atoms with Crippen molar-refractivity contribution in [1.29, 1.82) is 0 Å². The lowest BCUT2D eigenvalue weighted by Gasteiger charge is -2.08. The van der Waals surface area contributed by atoms with Gasteiger partial charge in [-0.3, -0.25) is 0 Å². The lowest BCUT2D eigenvalue weighted by Crippen LogP contribution is -1.86. The highest BCUT2D eigenvalue weighted by Gasteiger charge is 2.19. The molecule has 0 bridgehead atoms. The van der Waals surface area contributed by atoms with Gasteiger partial charge in [-0.15, -0.1) is 0 Å². The Hall–Kier alpha value is -3.78. The van der Waals surface area contributed by atoms with Crippen LogP contribution in [0.25, 0.3) is 44.3 Å². The first-order chi connectivity index (χ1) is 13.8. The molecule has 0 saturated carbocycles. The van der Waals surface area contributed by atoms with Crippen LogP contribution in [0.2, 0.25) is 0 Å². The summed E-state index contributed by atoms with van der Waals surface area (Å²) in [6, 6.07) is 35.3. The maximum Gasteiger partial charge on any atom is 0.199 e. The molecule has 5 rings (SSSR count). The van der Waals surface area contributed by atoms with Gasteiger partial charge in [0.25, 0.3) is 0 Å². The Balaban J connectivity index is 1.86. The first-order valence-electron chi connectivity index (χ1n) is 9.33. The molecule has 28 heavy (non-hydrogen) atoms. The van der Waals surface area contributed by atoms with Crippen LogP contribution < -0.4 is 5.73 Å². The third kappa shape index (κ3) is 2.76. The van der Waals surface area contributed by atoms with E-state index in [4.69, 9.17) is 10.2 Å². The molecule has 4 aromatic carbocycles. The van der Waals surface area contributed by atoms with E-state index in [-0.39, 0.29) is 0 Å². The van der Waals surface area contributed by atoms with Crippen LogP contribution in [0.5, 0.6) is 0 Å². The first kappa shape index (κ1) is 16.4. The molecule has 0 amide bonds. The first-order valence-corrected chi connectivity index (χ1v) is 9.33. The van der Waals surface area contributed by atoms with Crippen LogP contribution in [0.3, 0.4) is 0 Å². The minimum Gasteiger partial charge on any atom is -0.440 e. The number of nitrogen functional groups attached to an aromatic ring is 1. The zero-order chi connectivity index (χ0) is 18.9. The predicted molar refractivity (Wildman–Crippen MR) is 117 cm³/mol. The van der Waals surface area contributed by atoms with E-state index >= 15 is 0 Å². The summed E-state index contributed by atoms with van der Waals surface area (Å²) in [5.74, 6) is 0.448. The molecule has 2 nitrogen and oxygen atoms in total. The van der Waals surface area contributed by atoms with Gasteiger partial charge in [0.2, 0.25) is 0 Å². The zero-order valence-corrected chi connectivity index (χ0v) is 15.3. The maximum atomic E-state index is 6.35. The van der Waals surface area contributed by atoms with Gasteiger partial charge >= 0.3 is 0 Å². The van der Waals surface area contributed by atoms with E-state index in [1.807, 2.05) is 42.5 Å². The molecule has 0 saturated heterocycles. The van der Waals surface area contributed by atoms with E-state index in [2.05, 4.69) is 60.7 Å². The molecular formula is C26H19NO. The normalized spacial score (nSPS) is 11.0. The fraction of sp³-hybridized carbons (Fsp3) is 0. The minimum absolute atomic E-state index is 0.448. The summed E-state index contributed by atoms with van der Waals surface area (Å²) in [6.07, 6.45) is 0. The van der Waals surface area contributed by atoms with Crippen molar-refractivity contribution in [3.05, 3.63) is 103 Å². The van der Waals surface area contributed by atoms with Crippen LogP contribution in [0.1, 0.15) is 0 Å². The van der Waals surface area contributed by atoms with E-state index < -0.39 is 0 Å². The van der Waals surface area contributed by atoms with Crippen LogP contribution in [0, 0.1) is 0 Å². The van der Waals surface area contributed by atoms with Crippen molar-refractivity contribution in [1.82, 2.24) is 0 Å². The summed E-state index contributed by atoms with van der Waals surface area (Å²) in [5, 5.41) is 1.03. The van der Waals surface area contributed by atoms with Gasteiger partial charge in [0.1, 0.15) is 5.58 Å². The molecule has 134 valence electrons.